The first kappa shape index (κ1) is 16.4. The van der Waals surface area contributed by atoms with Crippen molar-refractivity contribution in [1.82, 2.24) is 4.90 Å². The van der Waals surface area contributed by atoms with E-state index in [9.17, 15) is 14.4 Å². The molecule has 2 aliphatic heterocycles. The molecule has 24 heavy (non-hydrogen) atoms. The lowest BCUT2D eigenvalue weighted by Gasteiger charge is -2.28. The summed E-state index contributed by atoms with van der Waals surface area (Å²) in [4.78, 5) is 40.0. The van der Waals surface area contributed by atoms with Crippen LogP contribution in [0, 0.1) is 12.3 Å². The van der Waals surface area contributed by atoms with Crippen molar-refractivity contribution in [3.8, 4) is 0 Å². The van der Waals surface area contributed by atoms with Crippen molar-refractivity contribution in [3.63, 3.8) is 0 Å². The normalized spacial score (nSPS) is 17.5. The molecule has 126 valence electrons. The number of fused-ring (bicyclic) bond motifs is 1. The Kier molecular flexibility index (Phi) is 3.62. The van der Waals surface area contributed by atoms with E-state index in [2.05, 4.69) is 6.07 Å². The second kappa shape index (κ2) is 5.30. The zero-order valence-corrected chi connectivity index (χ0v) is 14.8. The zero-order valence-electron chi connectivity index (χ0n) is 14.8. The van der Waals surface area contributed by atoms with Crippen molar-refractivity contribution in [1.29, 1.82) is 0 Å². The number of aryl methyl sites for hydroxylation is 1. The Bertz CT molecular complexity index is 800. The average molecular weight is 326 g/mol. The molecular formula is C19H22N2O3. The Morgan fingerprint density at radius 1 is 1.17 bits per heavy atom. The molecule has 1 aromatic rings. The number of hydrogen-bond acceptors (Lipinski definition) is 3. The van der Waals surface area contributed by atoms with Crippen LogP contribution in [0.1, 0.15) is 37.5 Å². The van der Waals surface area contributed by atoms with E-state index in [1.807, 2.05) is 33.8 Å². The largest absolute Gasteiger partial charge is 0.311 e. The monoisotopic (exact) mass is 326 g/mol. The predicted octanol–water partition coefficient (Wildman–Crippen LogP) is 2.31. The number of imide groups is 1. The van der Waals surface area contributed by atoms with Crippen LogP contribution < -0.4 is 4.90 Å². The van der Waals surface area contributed by atoms with Gasteiger partial charge in [0.15, 0.2) is 0 Å². The Morgan fingerprint density at radius 3 is 2.38 bits per heavy atom. The molecule has 0 bridgehead atoms. The van der Waals surface area contributed by atoms with Crippen LogP contribution in [-0.2, 0) is 20.8 Å². The first-order valence-corrected chi connectivity index (χ1v) is 8.11. The smallest absolute Gasteiger partial charge is 0.261 e. The molecule has 2 heterocycles. The standard InChI is InChI=1S/C19H22N2O3/c1-11-8-12-6-7-21(18(24)19(2,3)4)16(12)13(9-11)14-10-15(22)20(5)17(14)23/h8-10H,6-7H2,1-5H3. The first-order chi connectivity index (χ1) is 11.1. The van der Waals surface area contributed by atoms with Gasteiger partial charge in [0.05, 0.1) is 11.3 Å². The highest BCUT2D eigenvalue weighted by Gasteiger charge is 2.37. The number of carbonyl (C=O) groups excluding carboxylic acids is 3. The Balaban J connectivity index is 2.17. The van der Waals surface area contributed by atoms with E-state index >= 15 is 0 Å². The van der Waals surface area contributed by atoms with Gasteiger partial charge in [-0.05, 0) is 25.0 Å². The Hall–Kier alpha value is -2.43. The summed E-state index contributed by atoms with van der Waals surface area (Å²) in [6, 6.07) is 3.95. The topological polar surface area (TPSA) is 57.7 Å². The molecule has 0 saturated heterocycles. The van der Waals surface area contributed by atoms with E-state index in [1.165, 1.54) is 13.1 Å². The highest BCUT2D eigenvalue weighted by atomic mass is 16.2. The van der Waals surface area contributed by atoms with Crippen LogP contribution in [0.2, 0.25) is 0 Å². The minimum absolute atomic E-state index is 0.0251. The van der Waals surface area contributed by atoms with Crippen LogP contribution in [0.4, 0.5) is 5.69 Å². The van der Waals surface area contributed by atoms with Crippen molar-refractivity contribution in [2.24, 2.45) is 5.41 Å². The number of benzene rings is 1. The van der Waals surface area contributed by atoms with Crippen molar-refractivity contribution in [2.45, 2.75) is 34.1 Å². The quantitative estimate of drug-likeness (QED) is 0.744. The number of nitrogens with zero attached hydrogens (tertiary/aromatic N) is 2. The highest BCUT2D eigenvalue weighted by molar-refractivity contribution is 6.34. The number of anilines is 1. The van der Waals surface area contributed by atoms with Gasteiger partial charge in [-0.3, -0.25) is 19.3 Å². The van der Waals surface area contributed by atoms with Crippen LogP contribution in [0.15, 0.2) is 18.2 Å². The highest BCUT2D eigenvalue weighted by Crippen LogP contribution is 2.40. The van der Waals surface area contributed by atoms with Crippen LogP contribution in [0.3, 0.4) is 0 Å². The van der Waals surface area contributed by atoms with E-state index in [1.54, 1.807) is 4.90 Å². The molecule has 0 aromatic heterocycles. The summed E-state index contributed by atoms with van der Waals surface area (Å²) in [6.45, 7) is 8.23. The van der Waals surface area contributed by atoms with E-state index in [4.69, 9.17) is 0 Å². The molecule has 0 N–H and O–H groups in total. The van der Waals surface area contributed by atoms with Crippen LogP contribution in [0.5, 0.6) is 0 Å². The van der Waals surface area contributed by atoms with Gasteiger partial charge in [0.25, 0.3) is 11.8 Å². The third kappa shape index (κ3) is 2.44. The van der Waals surface area contributed by atoms with Gasteiger partial charge in [0, 0.05) is 30.6 Å². The fraction of sp³-hybridized carbons (Fsp3) is 0.421. The summed E-state index contributed by atoms with van der Waals surface area (Å²) in [5, 5.41) is 0. The van der Waals surface area contributed by atoms with Gasteiger partial charge >= 0.3 is 0 Å². The summed E-state index contributed by atoms with van der Waals surface area (Å²) in [6.07, 6.45) is 2.13. The number of carbonyl (C=O) groups is 3. The molecule has 0 saturated carbocycles. The predicted molar refractivity (Wildman–Crippen MR) is 92.4 cm³/mol. The lowest BCUT2D eigenvalue weighted by atomic mass is 9.93. The third-order valence-corrected chi connectivity index (χ3v) is 4.52. The number of amides is 3. The summed E-state index contributed by atoms with van der Waals surface area (Å²) in [5.41, 5.74) is 3.40. The number of likely N-dealkylation sites (N-methyl/N-ethyl adjacent to an activating group) is 1. The SMILES string of the molecule is Cc1cc2c(c(C3=CC(=O)N(C)C3=O)c1)N(C(=O)C(C)(C)C)CC2. The van der Waals surface area contributed by atoms with Crippen molar-refractivity contribution < 1.29 is 14.4 Å². The van der Waals surface area contributed by atoms with Gasteiger partial charge in [0.1, 0.15) is 0 Å². The van der Waals surface area contributed by atoms with Gasteiger partial charge in [-0.2, -0.15) is 0 Å². The van der Waals surface area contributed by atoms with Crippen LogP contribution in [0.25, 0.3) is 5.57 Å². The van der Waals surface area contributed by atoms with Gasteiger partial charge in [0.2, 0.25) is 5.91 Å². The van der Waals surface area contributed by atoms with E-state index in [0.29, 0.717) is 17.7 Å². The fourth-order valence-electron chi connectivity index (χ4n) is 3.28. The Morgan fingerprint density at radius 2 is 1.83 bits per heavy atom. The van der Waals surface area contributed by atoms with Crippen LogP contribution >= 0.6 is 0 Å². The zero-order chi connectivity index (χ0) is 17.8. The molecular weight excluding hydrogens is 304 g/mol. The molecule has 0 aliphatic carbocycles. The van der Waals surface area contributed by atoms with E-state index < -0.39 is 5.41 Å². The summed E-state index contributed by atoms with van der Waals surface area (Å²) in [7, 11) is 1.47. The molecule has 0 radical (unpaired) electrons. The molecule has 5 heteroatoms. The second-order valence-electron chi connectivity index (χ2n) is 7.54. The van der Waals surface area contributed by atoms with Crippen molar-refractivity contribution >= 4 is 29.0 Å². The molecule has 3 amide bonds. The maximum absolute atomic E-state index is 12.8. The Labute approximate surface area is 141 Å². The molecule has 0 spiro atoms. The minimum Gasteiger partial charge on any atom is -0.311 e. The van der Waals surface area contributed by atoms with Gasteiger partial charge in [-0.25, -0.2) is 0 Å². The molecule has 1 aromatic carbocycles. The minimum atomic E-state index is -0.509. The van der Waals surface area contributed by atoms with Gasteiger partial charge < -0.3 is 4.90 Å². The van der Waals surface area contributed by atoms with Crippen LogP contribution in [-0.4, -0.2) is 36.2 Å². The lowest BCUT2D eigenvalue weighted by Crippen LogP contribution is -2.38. The average Bonchev–Trinajstić information content (AvgIpc) is 3.01. The second-order valence-corrected chi connectivity index (χ2v) is 7.54. The molecule has 0 fully saturated rings. The number of rotatable bonds is 1. The third-order valence-electron chi connectivity index (χ3n) is 4.52. The first-order valence-electron chi connectivity index (χ1n) is 8.11. The maximum atomic E-state index is 12.8. The molecule has 0 atom stereocenters. The molecule has 0 unspecified atom stereocenters. The summed E-state index contributed by atoms with van der Waals surface area (Å²) < 4.78 is 0. The molecule has 3 rings (SSSR count). The maximum Gasteiger partial charge on any atom is 0.261 e. The van der Waals surface area contributed by atoms with Crippen molar-refractivity contribution in [2.75, 3.05) is 18.5 Å². The van der Waals surface area contributed by atoms with Gasteiger partial charge in [-0.15, -0.1) is 0 Å². The lowest BCUT2D eigenvalue weighted by molar-refractivity contribution is -0.134. The van der Waals surface area contributed by atoms with E-state index in [-0.39, 0.29) is 17.7 Å². The number of hydrogen-bond donors (Lipinski definition) is 0. The fourth-order valence-corrected chi connectivity index (χ4v) is 3.28. The summed E-state index contributed by atoms with van der Waals surface area (Å²) >= 11 is 0. The van der Waals surface area contributed by atoms with Gasteiger partial charge in [-0.1, -0.05) is 32.4 Å². The molecule has 2 aliphatic rings. The summed E-state index contributed by atoms with van der Waals surface area (Å²) in [5.74, 6) is -0.614. The molecule has 5 nitrogen and oxygen atoms in total. The van der Waals surface area contributed by atoms with E-state index in [0.717, 1.165) is 28.1 Å². The van der Waals surface area contributed by atoms with Crippen molar-refractivity contribution in [3.05, 3.63) is 34.9 Å².